The van der Waals surface area contributed by atoms with Crippen molar-refractivity contribution >= 4 is 52.7 Å². The zero-order valence-corrected chi connectivity index (χ0v) is 22.8. The number of nitrogens with zero attached hydrogens (tertiary/aromatic N) is 2. The molecule has 2 fully saturated rings. The van der Waals surface area contributed by atoms with E-state index in [0.717, 1.165) is 29.5 Å². The molecule has 3 heterocycles. The number of halogens is 1. The summed E-state index contributed by atoms with van der Waals surface area (Å²) in [5, 5.41) is 5.75. The summed E-state index contributed by atoms with van der Waals surface area (Å²) in [6.45, 7) is 4.12. The lowest BCUT2D eigenvalue weighted by Crippen LogP contribution is -2.48. The van der Waals surface area contributed by atoms with Gasteiger partial charge in [0.25, 0.3) is 5.91 Å². The molecule has 0 bridgehead atoms. The lowest BCUT2D eigenvalue weighted by atomic mass is 9.86. The van der Waals surface area contributed by atoms with Gasteiger partial charge in [0.15, 0.2) is 0 Å². The van der Waals surface area contributed by atoms with E-state index in [-0.39, 0.29) is 11.8 Å². The smallest absolute Gasteiger partial charge is 0.269 e. The molecule has 0 unspecified atom stereocenters. The highest BCUT2D eigenvalue weighted by atomic mass is 35.5. The van der Waals surface area contributed by atoms with Crippen molar-refractivity contribution in [3.05, 3.63) is 64.6 Å². The quantitative estimate of drug-likeness (QED) is 0.380. The van der Waals surface area contributed by atoms with Gasteiger partial charge in [-0.1, -0.05) is 48.9 Å². The number of benzene rings is 1. The van der Waals surface area contributed by atoms with Crippen LogP contribution in [-0.4, -0.2) is 53.9 Å². The molecule has 0 radical (unpaired) electrons. The molecule has 1 aliphatic carbocycles. The van der Waals surface area contributed by atoms with Crippen LogP contribution in [0.15, 0.2) is 54.7 Å². The first-order valence-corrected chi connectivity index (χ1v) is 13.8. The summed E-state index contributed by atoms with van der Waals surface area (Å²) in [4.78, 5) is 42.3. The molecule has 1 aromatic carbocycles. The third-order valence-electron chi connectivity index (χ3n) is 6.63. The maximum atomic E-state index is 12.5. The molecule has 3 aromatic rings. The topological polar surface area (TPSA) is 101 Å². The molecular formula is C28H31ClN4O4S. The van der Waals surface area contributed by atoms with E-state index in [1.165, 1.54) is 43.2 Å². The summed E-state index contributed by atoms with van der Waals surface area (Å²) < 4.78 is 5.13. The van der Waals surface area contributed by atoms with Crippen LogP contribution in [0.25, 0.3) is 10.4 Å². The predicted molar refractivity (Wildman–Crippen MR) is 151 cm³/mol. The summed E-state index contributed by atoms with van der Waals surface area (Å²) in [5.74, 6) is 1.08. The number of thiophene rings is 1. The first-order valence-electron chi connectivity index (χ1n) is 12.6. The highest BCUT2D eigenvalue weighted by Gasteiger charge is 2.29. The van der Waals surface area contributed by atoms with Gasteiger partial charge < -0.3 is 20.3 Å². The van der Waals surface area contributed by atoms with Crippen LogP contribution in [0.2, 0.25) is 5.02 Å². The predicted octanol–water partition coefficient (Wildman–Crippen LogP) is 5.71. The van der Waals surface area contributed by atoms with E-state index in [9.17, 15) is 14.4 Å². The van der Waals surface area contributed by atoms with Crippen molar-refractivity contribution in [2.45, 2.75) is 38.6 Å². The summed E-state index contributed by atoms with van der Waals surface area (Å²) in [5.41, 5.74) is 1.43. The van der Waals surface area contributed by atoms with Gasteiger partial charge in [-0.2, -0.15) is 0 Å². The van der Waals surface area contributed by atoms with Gasteiger partial charge in [-0.3, -0.25) is 14.4 Å². The maximum absolute atomic E-state index is 12.5. The average Bonchev–Trinajstić information content (AvgIpc) is 3.36. The molecule has 8 nitrogen and oxygen atoms in total. The largest absolute Gasteiger partial charge is 0.370 e. The van der Waals surface area contributed by atoms with Crippen LogP contribution in [0.3, 0.4) is 0 Å². The van der Waals surface area contributed by atoms with E-state index in [0.29, 0.717) is 40.5 Å². The van der Waals surface area contributed by atoms with Crippen LogP contribution in [0.4, 0.5) is 11.5 Å². The Bertz CT molecular complexity index is 1230. The highest BCUT2D eigenvalue weighted by Crippen LogP contribution is 2.35. The van der Waals surface area contributed by atoms with Crippen molar-refractivity contribution in [2.24, 2.45) is 5.92 Å². The van der Waals surface area contributed by atoms with Gasteiger partial charge in [-0.25, -0.2) is 4.98 Å². The van der Waals surface area contributed by atoms with Crippen molar-refractivity contribution in [1.29, 1.82) is 0 Å². The molecule has 1 aliphatic heterocycles. The number of nitrogens with one attached hydrogen (secondary N) is 2. The van der Waals surface area contributed by atoms with E-state index in [1.807, 2.05) is 35.2 Å². The van der Waals surface area contributed by atoms with Crippen molar-refractivity contribution in [3.8, 4) is 10.4 Å². The first kappa shape index (κ1) is 27.8. The Balaban J connectivity index is 0.000000204. The summed E-state index contributed by atoms with van der Waals surface area (Å²) in [6.07, 6.45) is 6.92. The number of hydrogen-bond acceptors (Lipinski definition) is 6. The number of carbonyl (C=O) groups is 3. The molecule has 3 amide bonds. The van der Waals surface area contributed by atoms with Crippen LogP contribution in [0, 0.1) is 5.92 Å². The Morgan fingerprint density at radius 1 is 1.16 bits per heavy atom. The number of ether oxygens (including phenoxy) is 1. The fraction of sp³-hybridized carbons (Fsp3) is 0.357. The van der Waals surface area contributed by atoms with Crippen LogP contribution in [0.1, 0.15) is 42.3 Å². The Kier molecular flexibility index (Phi) is 9.86. The summed E-state index contributed by atoms with van der Waals surface area (Å²) >= 11 is 7.08. The Hall–Kier alpha value is -3.27. The zero-order chi connectivity index (χ0) is 26.9. The monoisotopic (exact) mass is 554 g/mol. The van der Waals surface area contributed by atoms with Crippen LogP contribution in [-0.2, 0) is 14.3 Å². The normalized spacial score (nSPS) is 19.2. The van der Waals surface area contributed by atoms with Gasteiger partial charge in [-0.05, 0) is 55.4 Å². The zero-order valence-electron chi connectivity index (χ0n) is 21.2. The van der Waals surface area contributed by atoms with Crippen LogP contribution in [0.5, 0.6) is 0 Å². The van der Waals surface area contributed by atoms with Gasteiger partial charge >= 0.3 is 0 Å². The second kappa shape index (κ2) is 13.5. The maximum Gasteiger partial charge on any atom is 0.269 e. The third-order valence-corrected chi connectivity index (χ3v) is 8.04. The Morgan fingerprint density at radius 3 is 2.58 bits per heavy atom. The molecule has 5 rings (SSSR count). The highest BCUT2D eigenvalue weighted by molar-refractivity contribution is 7.18. The number of amides is 3. The van der Waals surface area contributed by atoms with Gasteiger partial charge in [0.05, 0.1) is 17.3 Å². The lowest BCUT2D eigenvalue weighted by Gasteiger charge is -2.38. The van der Waals surface area contributed by atoms with E-state index < -0.39 is 0 Å². The number of anilines is 2. The Morgan fingerprint density at radius 2 is 1.92 bits per heavy atom. The number of aromatic nitrogens is 1. The molecule has 1 saturated heterocycles. The van der Waals surface area contributed by atoms with Gasteiger partial charge in [-0.15, -0.1) is 11.3 Å². The molecule has 10 heteroatoms. The summed E-state index contributed by atoms with van der Waals surface area (Å²) in [6, 6.07) is 15.2. The molecular weight excluding hydrogens is 524 g/mol. The number of rotatable bonds is 6. The van der Waals surface area contributed by atoms with Gasteiger partial charge in [0, 0.05) is 23.7 Å². The number of hydrogen-bond donors (Lipinski definition) is 2. The molecule has 1 saturated carbocycles. The minimum absolute atomic E-state index is 0.191. The van der Waals surface area contributed by atoms with Crippen molar-refractivity contribution < 1.29 is 19.1 Å². The molecule has 38 heavy (non-hydrogen) atoms. The van der Waals surface area contributed by atoms with Crippen molar-refractivity contribution in [1.82, 2.24) is 9.88 Å². The minimum atomic E-state index is -0.346. The Labute approximate surface area is 231 Å². The SMILES string of the molecule is CC1CCC(N2CCOCC2=O)CC1.O=CNc1cc(-c2ccccc2)sc1C(=O)Nc1ccc(Cl)cn1. The number of pyridine rings is 1. The molecule has 200 valence electrons. The van der Waals surface area contributed by atoms with Gasteiger partial charge in [0.1, 0.15) is 17.3 Å². The van der Waals surface area contributed by atoms with Crippen LogP contribution >= 0.6 is 22.9 Å². The molecule has 2 N–H and O–H groups in total. The second-order valence-corrected chi connectivity index (χ2v) is 10.8. The van der Waals surface area contributed by atoms with E-state index in [2.05, 4.69) is 22.5 Å². The standard InChI is InChI=1S/C17H12ClN3O2S.C11H19NO2/c18-12-6-7-15(19-9-12)21-17(23)16-13(20-10-22)8-14(24-16)11-4-2-1-3-5-11;1-9-2-4-10(5-3-9)12-6-7-14-8-11(12)13/h1-10H,(H,20,22)(H,19,21,23);9-10H,2-8H2,1H3. The van der Waals surface area contributed by atoms with Crippen LogP contribution < -0.4 is 10.6 Å². The van der Waals surface area contributed by atoms with E-state index >= 15 is 0 Å². The number of carbonyl (C=O) groups excluding carboxylic acids is 3. The third kappa shape index (κ3) is 7.40. The van der Waals surface area contributed by atoms with Crippen molar-refractivity contribution in [3.63, 3.8) is 0 Å². The lowest BCUT2D eigenvalue weighted by molar-refractivity contribution is -0.146. The first-order chi connectivity index (χ1) is 18.4. The average molecular weight is 555 g/mol. The van der Waals surface area contributed by atoms with E-state index in [1.54, 1.807) is 18.2 Å². The fourth-order valence-corrected chi connectivity index (χ4v) is 5.70. The molecule has 2 aromatic heterocycles. The van der Waals surface area contributed by atoms with Crippen molar-refractivity contribution in [2.75, 3.05) is 30.4 Å². The molecule has 2 aliphatic rings. The molecule has 0 atom stereocenters. The fourth-order valence-electron chi connectivity index (χ4n) is 4.57. The molecule has 0 spiro atoms. The minimum Gasteiger partial charge on any atom is -0.370 e. The summed E-state index contributed by atoms with van der Waals surface area (Å²) in [7, 11) is 0. The van der Waals surface area contributed by atoms with Gasteiger partial charge in [0.2, 0.25) is 12.3 Å². The van der Waals surface area contributed by atoms with E-state index in [4.69, 9.17) is 16.3 Å². The second-order valence-electron chi connectivity index (χ2n) is 9.35. The number of morpholine rings is 1.